The molecule has 28 heavy (non-hydrogen) atoms. The van der Waals surface area contributed by atoms with Crippen molar-refractivity contribution in [2.24, 2.45) is 10.4 Å². The number of aliphatic imine (C=N–C) groups is 1. The second kappa shape index (κ2) is 10.5. The van der Waals surface area contributed by atoms with Gasteiger partial charge in [-0.15, -0.1) is 0 Å². The van der Waals surface area contributed by atoms with Gasteiger partial charge in [-0.3, -0.25) is 4.99 Å². The Morgan fingerprint density at radius 2 is 2.18 bits per heavy atom. The minimum atomic E-state index is -4.39. The molecule has 1 aliphatic heterocycles. The van der Waals surface area contributed by atoms with E-state index in [-0.39, 0.29) is 24.4 Å². The zero-order chi connectivity index (χ0) is 20.5. The Morgan fingerprint density at radius 1 is 1.36 bits per heavy atom. The number of guanidine groups is 1. The molecule has 0 aliphatic carbocycles. The predicted octanol–water partition coefficient (Wildman–Crippen LogP) is 2.43. The largest absolute Gasteiger partial charge is 0.492 e. The molecule has 6 nitrogen and oxygen atoms in total. The summed E-state index contributed by atoms with van der Waals surface area (Å²) in [6.07, 6.45) is -2.90. The fourth-order valence-electron chi connectivity index (χ4n) is 2.98. The number of hydrogen-bond acceptors (Lipinski definition) is 4. The van der Waals surface area contributed by atoms with Crippen LogP contribution >= 0.6 is 0 Å². The fraction of sp³-hybridized carbons (Fsp3) is 0.632. The maximum atomic E-state index is 12.7. The Balaban J connectivity index is 1.84. The van der Waals surface area contributed by atoms with Crippen molar-refractivity contribution in [1.29, 1.82) is 0 Å². The lowest BCUT2D eigenvalue weighted by Gasteiger charge is -2.24. The number of aliphatic hydroxyl groups excluding tert-OH is 1. The smallest absolute Gasteiger partial charge is 0.416 e. The van der Waals surface area contributed by atoms with Gasteiger partial charge in [0, 0.05) is 25.2 Å². The Hall–Kier alpha value is -2.00. The van der Waals surface area contributed by atoms with E-state index in [4.69, 9.17) is 9.47 Å². The van der Waals surface area contributed by atoms with Crippen molar-refractivity contribution in [3.05, 3.63) is 29.8 Å². The summed E-state index contributed by atoms with van der Waals surface area (Å²) in [5, 5.41) is 15.5. The third-order valence-corrected chi connectivity index (χ3v) is 4.57. The molecule has 1 atom stereocenters. The monoisotopic (exact) mass is 403 g/mol. The van der Waals surface area contributed by atoms with Gasteiger partial charge < -0.3 is 25.2 Å². The molecule has 0 amide bonds. The average molecular weight is 403 g/mol. The maximum Gasteiger partial charge on any atom is 0.416 e. The van der Waals surface area contributed by atoms with Gasteiger partial charge >= 0.3 is 6.18 Å². The molecule has 1 aromatic carbocycles. The van der Waals surface area contributed by atoms with Gasteiger partial charge in [-0.1, -0.05) is 6.07 Å². The Morgan fingerprint density at radius 3 is 2.82 bits per heavy atom. The lowest BCUT2D eigenvalue weighted by molar-refractivity contribution is -0.137. The lowest BCUT2D eigenvalue weighted by atomic mass is 9.84. The second-order valence-electron chi connectivity index (χ2n) is 6.77. The van der Waals surface area contributed by atoms with E-state index in [1.54, 1.807) is 0 Å². The van der Waals surface area contributed by atoms with Gasteiger partial charge in [-0.2, -0.15) is 13.2 Å². The molecule has 1 saturated heterocycles. The molecule has 1 fully saturated rings. The van der Waals surface area contributed by atoms with Crippen LogP contribution in [0.4, 0.5) is 13.2 Å². The lowest BCUT2D eigenvalue weighted by Crippen LogP contribution is -2.40. The third kappa shape index (κ3) is 6.87. The van der Waals surface area contributed by atoms with Crippen LogP contribution in [0.3, 0.4) is 0 Å². The number of hydrogen-bond donors (Lipinski definition) is 3. The topological polar surface area (TPSA) is 75.1 Å². The molecule has 2 rings (SSSR count). The number of nitrogens with zero attached hydrogens (tertiary/aromatic N) is 1. The van der Waals surface area contributed by atoms with Gasteiger partial charge in [-0.05, 0) is 38.0 Å². The van der Waals surface area contributed by atoms with Crippen LogP contribution in [0.1, 0.15) is 25.3 Å². The van der Waals surface area contributed by atoms with Gasteiger partial charge in [0.2, 0.25) is 0 Å². The van der Waals surface area contributed by atoms with E-state index >= 15 is 0 Å². The summed E-state index contributed by atoms with van der Waals surface area (Å²) in [5.41, 5.74) is -0.883. The molecule has 0 aromatic heterocycles. The van der Waals surface area contributed by atoms with E-state index in [0.29, 0.717) is 45.2 Å². The van der Waals surface area contributed by atoms with Gasteiger partial charge in [0.25, 0.3) is 0 Å². The van der Waals surface area contributed by atoms with Gasteiger partial charge in [0.15, 0.2) is 5.96 Å². The van der Waals surface area contributed by atoms with Crippen molar-refractivity contribution < 1.29 is 27.8 Å². The Labute approximate surface area is 163 Å². The highest BCUT2D eigenvalue weighted by atomic mass is 19.4. The second-order valence-corrected chi connectivity index (χ2v) is 6.77. The first-order valence-corrected chi connectivity index (χ1v) is 9.39. The normalized spacial score (nSPS) is 20.2. The molecule has 9 heteroatoms. The fourth-order valence-corrected chi connectivity index (χ4v) is 2.98. The predicted molar refractivity (Wildman–Crippen MR) is 100 cm³/mol. The van der Waals surface area contributed by atoms with E-state index in [1.165, 1.54) is 12.1 Å². The molecular weight excluding hydrogens is 375 g/mol. The molecule has 1 heterocycles. The van der Waals surface area contributed by atoms with Crippen molar-refractivity contribution in [2.75, 3.05) is 46.1 Å². The number of halogens is 3. The van der Waals surface area contributed by atoms with Crippen LogP contribution in [0.15, 0.2) is 29.3 Å². The van der Waals surface area contributed by atoms with Crippen LogP contribution in [0.5, 0.6) is 5.75 Å². The summed E-state index contributed by atoms with van der Waals surface area (Å²) < 4.78 is 49.1. The summed E-state index contributed by atoms with van der Waals surface area (Å²) in [4.78, 5) is 4.58. The van der Waals surface area contributed by atoms with E-state index in [2.05, 4.69) is 15.6 Å². The van der Waals surface area contributed by atoms with Crippen LogP contribution < -0.4 is 15.4 Å². The van der Waals surface area contributed by atoms with Crippen LogP contribution in [-0.4, -0.2) is 57.1 Å². The van der Waals surface area contributed by atoms with E-state index in [9.17, 15) is 18.3 Å². The van der Waals surface area contributed by atoms with Gasteiger partial charge in [0.05, 0.1) is 25.3 Å². The highest BCUT2D eigenvalue weighted by molar-refractivity contribution is 5.79. The number of nitrogens with one attached hydrogen (secondary N) is 2. The summed E-state index contributed by atoms with van der Waals surface area (Å²) >= 11 is 0. The SMILES string of the molecule is CCNC(=NCC1(CCO)CCOC1)NCCOc1cccc(C(F)(F)F)c1. The first-order chi connectivity index (χ1) is 13.4. The van der Waals surface area contributed by atoms with Crippen LogP contribution in [0, 0.1) is 5.41 Å². The molecule has 1 aliphatic rings. The average Bonchev–Trinajstić information content (AvgIpc) is 3.12. The minimum absolute atomic E-state index is 0.0910. The number of aliphatic hydroxyl groups is 1. The summed E-state index contributed by atoms with van der Waals surface area (Å²) in [5.74, 6) is 0.767. The van der Waals surface area contributed by atoms with E-state index in [0.717, 1.165) is 18.6 Å². The molecule has 3 N–H and O–H groups in total. The summed E-state index contributed by atoms with van der Waals surface area (Å²) in [6.45, 7) is 5.05. The molecular formula is C19H28F3N3O3. The summed E-state index contributed by atoms with van der Waals surface area (Å²) in [7, 11) is 0. The standard InChI is InChI=1S/C19H28F3N3O3/c1-2-23-17(25-13-18(6-9-26)7-10-27-14-18)24-8-11-28-16-5-3-4-15(12-16)19(20,21)22/h3-5,12,26H,2,6-11,13-14H2,1H3,(H2,23,24,25). The molecule has 0 saturated carbocycles. The first-order valence-electron chi connectivity index (χ1n) is 9.39. The molecule has 0 spiro atoms. The Kier molecular flexibility index (Phi) is 8.37. The molecule has 1 unspecified atom stereocenters. The van der Waals surface area contributed by atoms with Crippen LogP contribution in [0.2, 0.25) is 0 Å². The number of alkyl halides is 3. The van der Waals surface area contributed by atoms with Crippen LogP contribution in [-0.2, 0) is 10.9 Å². The minimum Gasteiger partial charge on any atom is -0.492 e. The van der Waals surface area contributed by atoms with Gasteiger partial charge in [0.1, 0.15) is 12.4 Å². The van der Waals surface area contributed by atoms with Crippen molar-refractivity contribution in [3.63, 3.8) is 0 Å². The third-order valence-electron chi connectivity index (χ3n) is 4.57. The van der Waals surface area contributed by atoms with Crippen molar-refractivity contribution in [3.8, 4) is 5.75 Å². The highest BCUT2D eigenvalue weighted by Crippen LogP contribution is 2.32. The molecule has 1 aromatic rings. The first kappa shape index (κ1) is 22.3. The number of rotatable bonds is 9. The zero-order valence-corrected chi connectivity index (χ0v) is 16.0. The van der Waals surface area contributed by atoms with Gasteiger partial charge in [-0.25, -0.2) is 0 Å². The number of benzene rings is 1. The molecule has 0 radical (unpaired) electrons. The van der Waals surface area contributed by atoms with Crippen molar-refractivity contribution in [2.45, 2.75) is 25.9 Å². The van der Waals surface area contributed by atoms with E-state index in [1.807, 2.05) is 6.92 Å². The van der Waals surface area contributed by atoms with Crippen molar-refractivity contribution >= 4 is 5.96 Å². The van der Waals surface area contributed by atoms with E-state index < -0.39 is 11.7 Å². The molecule has 158 valence electrons. The summed E-state index contributed by atoms with van der Waals surface area (Å²) in [6, 6.07) is 4.81. The van der Waals surface area contributed by atoms with Crippen molar-refractivity contribution in [1.82, 2.24) is 10.6 Å². The maximum absolute atomic E-state index is 12.7. The number of ether oxygens (including phenoxy) is 2. The molecule has 0 bridgehead atoms. The Bertz CT molecular complexity index is 632. The van der Waals surface area contributed by atoms with Crippen LogP contribution in [0.25, 0.3) is 0 Å². The quantitative estimate of drug-likeness (QED) is 0.336. The zero-order valence-electron chi connectivity index (χ0n) is 16.0. The highest BCUT2D eigenvalue weighted by Gasteiger charge is 2.34.